The summed E-state index contributed by atoms with van der Waals surface area (Å²) >= 11 is 0. The Hall–Kier alpha value is -3.05. The van der Waals surface area contributed by atoms with Crippen LogP contribution in [0, 0.1) is 0 Å². The standard InChI is InChI=1S/C21H19NO4/c23-21(13-17-6-3-5-16-4-1-2-7-18(16)17)22-26-14-15-8-9-19-20(12-15)25-11-10-24-19/h1-9,12H,10-11,13-14H2,(H,22,23). The molecule has 0 spiro atoms. The highest BCUT2D eigenvalue weighted by Gasteiger charge is 2.12. The van der Waals surface area contributed by atoms with E-state index in [4.69, 9.17) is 14.3 Å². The average Bonchev–Trinajstić information content (AvgIpc) is 2.68. The first-order chi connectivity index (χ1) is 12.8. The number of benzene rings is 3. The third-order valence-corrected chi connectivity index (χ3v) is 4.26. The van der Waals surface area contributed by atoms with Crippen LogP contribution in [0.4, 0.5) is 0 Å². The van der Waals surface area contributed by atoms with Crippen molar-refractivity contribution in [1.82, 2.24) is 5.48 Å². The molecule has 4 rings (SSSR count). The van der Waals surface area contributed by atoms with Gasteiger partial charge in [-0.25, -0.2) is 5.48 Å². The lowest BCUT2D eigenvalue weighted by atomic mass is 10.0. The quantitative estimate of drug-likeness (QED) is 0.717. The maximum Gasteiger partial charge on any atom is 0.247 e. The molecule has 132 valence electrons. The number of nitrogens with one attached hydrogen (secondary N) is 1. The number of hydrogen-bond donors (Lipinski definition) is 1. The molecule has 0 aromatic heterocycles. The first-order valence-electron chi connectivity index (χ1n) is 8.55. The smallest absolute Gasteiger partial charge is 0.247 e. The fraction of sp³-hybridized carbons (Fsp3) is 0.190. The molecule has 3 aromatic rings. The minimum absolute atomic E-state index is 0.182. The zero-order chi connectivity index (χ0) is 17.8. The van der Waals surface area contributed by atoms with E-state index in [-0.39, 0.29) is 18.9 Å². The number of hydroxylamine groups is 1. The Kier molecular flexibility index (Phi) is 4.71. The van der Waals surface area contributed by atoms with Crippen LogP contribution in [-0.2, 0) is 22.7 Å². The Balaban J connectivity index is 1.34. The lowest BCUT2D eigenvalue weighted by Crippen LogP contribution is -2.25. The SMILES string of the molecule is O=C(Cc1cccc2ccccc12)NOCc1ccc2c(c1)OCCO2. The molecule has 5 nitrogen and oxygen atoms in total. The third-order valence-electron chi connectivity index (χ3n) is 4.26. The first-order valence-corrected chi connectivity index (χ1v) is 8.55. The molecule has 0 unspecified atom stereocenters. The van der Waals surface area contributed by atoms with E-state index < -0.39 is 0 Å². The lowest BCUT2D eigenvalue weighted by molar-refractivity contribution is -0.133. The monoisotopic (exact) mass is 349 g/mol. The van der Waals surface area contributed by atoms with Crippen molar-refractivity contribution < 1.29 is 19.1 Å². The molecule has 0 aliphatic carbocycles. The maximum absolute atomic E-state index is 12.2. The number of amides is 1. The third kappa shape index (κ3) is 3.63. The number of carbonyl (C=O) groups is 1. The Morgan fingerprint density at radius 1 is 0.962 bits per heavy atom. The maximum atomic E-state index is 12.2. The summed E-state index contributed by atoms with van der Waals surface area (Å²) in [5.41, 5.74) is 4.39. The largest absolute Gasteiger partial charge is 0.486 e. The zero-order valence-electron chi connectivity index (χ0n) is 14.2. The first kappa shape index (κ1) is 16.4. The Bertz CT molecular complexity index is 933. The van der Waals surface area contributed by atoms with Gasteiger partial charge in [-0.1, -0.05) is 48.5 Å². The van der Waals surface area contributed by atoms with E-state index in [1.165, 1.54) is 0 Å². The van der Waals surface area contributed by atoms with E-state index in [1.807, 2.05) is 60.7 Å². The second kappa shape index (κ2) is 7.45. The van der Waals surface area contributed by atoms with E-state index in [2.05, 4.69) is 5.48 Å². The highest BCUT2D eigenvalue weighted by atomic mass is 16.6. The van der Waals surface area contributed by atoms with Gasteiger partial charge in [-0.15, -0.1) is 0 Å². The Labute approximate surface area is 151 Å². The second-order valence-electron chi connectivity index (χ2n) is 6.11. The normalized spacial score (nSPS) is 12.8. The minimum Gasteiger partial charge on any atom is -0.486 e. The molecule has 1 amide bonds. The van der Waals surface area contributed by atoms with Gasteiger partial charge in [0, 0.05) is 0 Å². The zero-order valence-corrected chi connectivity index (χ0v) is 14.2. The Morgan fingerprint density at radius 2 is 1.77 bits per heavy atom. The van der Waals surface area contributed by atoms with Crippen molar-refractivity contribution in [3.05, 3.63) is 71.8 Å². The van der Waals surface area contributed by atoms with Crippen molar-refractivity contribution >= 4 is 16.7 Å². The molecule has 1 aliphatic rings. The fourth-order valence-electron chi connectivity index (χ4n) is 3.03. The summed E-state index contributed by atoms with van der Waals surface area (Å²) in [6.07, 6.45) is 0.266. The molecule has 0 atom stereocenters. The highest BCUT2D eigenvalue weighted by molar-refractivity contribution is 5.89. The summed E-state index contributed by atoms with van der Waals surface area (Å²) in [4.78, 5) is 17.6. The van der Waals surface area contributed by atoms with Crippen LogP contribution in [0.5, 0.6) is 11.5 Å². The predicted molar refractivity (Wildman–Crippen MR) is 98.0 cm³/mol. The molecule has 0 fully saturated rings. The van der Waals surface area contributed by atoms with Crippen molar-refractivity contribution in [1.29, 1.82) is 0 Å². The van der Waals surface area contributed by atoms with Gasteiger partial charge in [0.15, 0.2) is 11.5 Å². The topological polar surface area (TPSA) is 56.8 Å². The molecule has 0 radical (unpaired) electrons. The number of rotatable bonds is 5. The summed E-state index contributed by atoms with van der Waals surface area (Å²) < 4.78 is 11.0. The number of hydrogen-bond acceptors (Lipinski definition) is 4. The van der Waals surface area contributed by atoms with E-state index in [0.29, 0.717) is 19.0 Å². The van der Waals surface area contributed by atoms with Gasteiger partial charge in [-0.05, 0) is 34.0 Å². The van der Waals surface area contributed by atoms with Crippen LogP contribution in [0.2, 0.25) is 0 Å². The van der Waals surface area contributed by atoms with Crippen molar-refractivity contribution in [2.75, 3.05) is 13.2 Å². The van der Waals surface area contributed by atoms with Crippen LogP contribution in [0.25, 0.3) is 10.8 Å². The average molecular weight is 349 g/mol. The number of carbonyl (C=O) groups excluding carboxylic acids is 1. The summed E-state index contributed by atoms with van der Waals surface area (Å²) in [5, 5.41) is 2.20. The van der Waals surface area contributed by atoms with Gasteiger partial charge in [0.1, 0.15) is 13.2 Å². The Morgan fingerprint density at radius 3 is 2.69 bits per heavy atom. The minimum atomic E-state index is -0.182. The van der Waals surface area contributed by atoms with Crippen molar-refractivity contribution in [3.8, 4) is 11.5 Å². The number of ether oxygens (including phenoxy) is 2. The summed E-state index contributed by atoms with van der Waals surface area (Å²) in [7, 11) is 0. The van der Waals surface area contributed by atoms with Crippen LogP contribution in [0.15, 0.2) is 60.7 Å². The fourth-order valence-corrected chi connectivity index (χ4v) is 3.03. The molecule has 3 aromatic carbocycles. The molecule has 0 saturated carbocycles. The van der Waals surface area contributed by atoms with Gasteiger partial charge in [-0.3, -0.25) is 9.63 Å². The molecule has 0 saturated heterocycles. The summed E-state index contributed by atoms with van der Waals surface area (Å²) in [5.74, 6) is 1.26. The van der Waals surface area contributed by atoms with Crippen LogP contribution in [0.3, 0.4) is 0 Å². The van der Waals surface area contributed by atoms with Gasteiger partial charge in [0.2, 0.25) is 5.91 Å². The van der Waals surface area contributed by atoms with Gasteiger partial charge < -0.3 is 9.47 Å². The second-order valence-corrected chi connectivity index (χ2v) is 6.11. The van der Waals surface area contributed by atoms with Gasteiger partial charge >= 0.3 is 0 Å². The van der Waals surface area contributed by atoms with Crippen LogP contribution in [-0.4, -0.2) is 19.1 Å². The van der Waals surface area contributed by atoms with Crippen LogP contribution < -0.4 is 15.0 Å². The lowest BCUT2D eigenvalue weighted by Gasteiger charge is -2.18. The van der Waals surface area contributed by atoms with Crippen molar-refractivity contribution in [2.45, 2.75) is 13.0 Å². The number of fused-ring (bicyclic) bond motifs is 2. The van der Waals surface area contributed by atoms with Gasteiger partial charge in [-0.2, -0.15) is 0 Å². The predicted octanol–water partition coefficient (Wildman–Crippen LogP) is 3.40. The van der Waals surface area contributed by atoms with Crippen LogP contribution >= 0.6 is 0 Å². The van der Waals surface area contributed by atoms with Crippen molar-refractivity contribution in [2.24, 2.45) is 0 Å². The molecular formula is C21H19NO4. The van der Waals surface area contributed by atoms with Crippen LogP contribution in [0.1, 0.15) is 11.1 Å². The van der Waals surface area contributed by atoms with E-state index >= 15 is 0 Å². The molecule has 5 heteroatoms. The molecule has 26 heavy (non-hydrogen) atoms. The molecular weight excluding hydrogens is 330 g/mol. The van der Waals surface area contributed by atoms with Gasteiger partial charge in [0.05, 0.1) is 13.0 Å². The van der Waals surface area contributed by atoms with E-state index in [9.17, 15) is 4.79 Å². The van der Waals surface area contributed by atoms with E-state index in [1.54, 1.807) is 0 Å². The summed E-state index contributed by atoms with van der Waals surface area (Å²) in [6.45, 7) is 1.37. The molecule has 1 N–H and O–H groups in total. The molecule has 0 bridgehead atoms. The highest BCUT2D eigenvalue weighted by Crippen LogP contribution is 2.30. The van der Waals surface area contributed by atoms with Gasteiger partial charge in [0.25, 0.3) is 0 Å². The molecule has 1 aliphatic heterocycles. The van der Waals surface area contributed by atoms with Crippen molar-refractivity contribution in [3.63, 3.8) is 0 Å². The summed E-state index contributed by atoms with van der Waals surface area (Å²) in [6, 6.07) is 19.6. The molecule has 1 heterocycles. The van der Waals surface area contributed by atoms with E-state index in [0.717, 1.165) is 27.6 Å².